The van der Waals surface area contributed by atoms with Crippen LogP contribution in [-0.2, 0) is 0 Å². The Labute approximate surface area is 200 Å². The molecule has 0 N–H and O–H groups in total. The van der Waals surface area contributed by atoms with Crippen molar-refractivity contribution >= 4 is 6.09 Å². The summed E-state index contributed by atoms with van der Waals surface area (Å²) >= 11 is 0. The number of carbonyl (C=O) groups excluding carboxylic acids is 1. The highest BCUT2D eigenvalue weighted by Gasteiger charge is 2.33. The zero-order valence-corrected chi connectivity index (χ0v) is 21.6. The Hall–Kier alpha value is -1.03. The number of carbonyl (C=O) groups is 1. The largest absolute Gasteiger partial charge is 0.498 e. The molecule has 1 amide bonds. The van der Waals surface area contributed by atoms with Crippen molar-refractivity contribution < 1.29 is 14.4 Å². The van der Waals surface area contributed by atoms with Crippen molar-refractivity contribution in [1.29, 1.82) is 0 Å². The van der Waals surface area contributed by atoms with Crippen LogP contribution in [0, 0.1) is 0 Å². The summed E-state index contributed by atoms with van der Waals surface area (Å²) in [6.45, 7) is 6.72. The van der Waals surface area contributed by atoms with Crippen LogP contribution in [-0.4, -0.2) is 35.2 Å². The molecule has 1 rings (SSSR count). The molecule has 4 heteroatoms. The van der Waals surface area contributed by atoms with Gasteiger partial charge >= 0.3 is 0 Å². The van der Waals surface area contributed by atoms with E-state index in [1.807, 2.05) is 12.4 Å². The lowest BCUT2D eigenvalue weighted by Gasteiger charge is -2.32. The van der Waals surface area contributed by atoms with Crippen molar-refractivity contribution in [1.82, 2.24) is 4.90 Å². The number of hydrogen-bond donors (Lipinski definition) is 0. The topological polar surface area (TPSA) is 43.4 Å². The minimum atomic E-state index is -0.942. The Morgan fingerprint density at radius 1 is 0.688 bits per heavy atom. The Morgan fingerprint density at radius 3 is 1.53 bits per heavy atom. The van der Waals surface area contributed by atoms with Crippen LogP contribution in [0.4, 0.5) is 4.79 Å². The van der Waals surface area contributed by atoms with Crippen LogP contribution in [0.15, 0.2) is 12.4 Å². The first-order valence-electron chi connectivity index (χ1n) is 14.2. The van der Waals surface area contributed by atoms with Gasteiger partial charge in [-0.25, -0.2) is 4.48 Å². The average Bonchev–Trinajstić information content (AvgIpc) is 3.21. The molecule has 32 heavy (non-hydrogen) atoms. The van der Waals surface area contributed by atoms with E-state index in [0.717, 1.165) is 25.8 Å². The molecule has 1 heterocycles. The Kier molecular flexibility index (Phi) is 17.6. The summed E-state index contributed by atoms with van der Waals surface area (Å²) in [5, 5.41) is 11.9. The molecule has 0 aliphatic carbocycles. The monoisotopic (exact) mass is 450 g/mol. The fraction of sp³-hybridized carbons (Fsp3) is 0.893. The molecule has 0 bridgehead atoms. The van der Waals surface area contributed by atoms with E-state index in [1.165, 1.54) is 109 Å². The molecule has 0 saturated carbocycles. The maximum atomic E-state index is 11.9. The van der Waals surface area contributed by atoms with Gasteiger partial charge in [-0.15, -0.1) is 0 Å². The van der Waals surface area contributed by atoms with E-state index in [-0.39, 0.29) is 4.48 Å². The summed E-state index contributed by atoms with van der Waals surface area (Å²) < 4.78 is -0.00518. The van der Waals surface area contributed by atoms with Crippen molar-refractivity contribution in [3.05, 3.63) is 12.4 Å². The number of quaternary nitrogens is 1. The highest BCUT2D eigenvalue weighted by atomic mass is 16.4. The van der Waals surface area contributed by atoms with Crippen LogP contribution in [0.2, 0.25) is 0 Å². The molecular weight excluding hydrogens is 396 g/mol. The molecule has 1 aliphatic rings. The maximum Gasteiger partial charge on any atom is 0.263 e. The van der Waals surface area contributed by atoms with Crippen molar-refractivity contribution in [3.8, 4) is 0 Å². The van der Waals surface area contributed by atoms with Gasteiger partial charge in [0.1, 0.15) is 6.20 Å². The third kappa shape index (κ3) is 13.5. The summed E-state index contributed by atoms with van der Waals surface area (Å²) in [4.78, 5) is 14.1. The van der Waals surface area contributed by atoms with E-state index in [2.05, 4.69) is 18.7 Å². The minimum Gasteiger partial charge on any atom is -0.498 e. The lowest BCUT2D eigenvalue weighted by Crippen LogP contribution is -2.56. The number of rotatable bonds is 22. The SMILES string of the molecule is CCCCCCCCCCCCN1C=C[N+](CCCCCCCCCCCC)(C(=O)[O-])C1. The van der Waals surface area contributed by atoms with Gasteiger partial charge in [0.25, 0.3) is 6.09 Å². The van der Waals surface area contributed by atoms with E-state index in [9.17, 15) is 9.90 Å². The number of carboxylic acid groups (broad SMARTS) is 1. The van der Waals surface area contributed by atoms with Crippen LogP contribution < -0.4 is 5.11 Å². The Morgan fingerprint density at radius 2 is 1.09 bits per heavy atom. The van der Waals surface area contributed by atoms with Crippen LogP contribution in [0.5, 0.6) is 0 Å². The molecular formula is C28H54N2O2. The summed E-state index contributed by atoms with van der Waals surface area (Å²) in [6, 6.07) is 0. The number of nitrogens with zero attached hydrogens (tertiary/aromatic N) is 2. The average molecular weight is 451 g/mol. The normalized spacial score (nSPS) is 18.0. The van der Waals surface area contributed by atoms with Crippen molar-refractivity contribution in [2.45, 2.75) is 142 Å². The van der Waals surface area contributed by atoms with Crippen LogP contribution >= 0.6 is 0 Å². The van der Waals surface area contributed by atoms with Gasteiger partial charge in [0.15, 0.2) is 6.67 Å². The summed E-state index contributed by atoms with van der Waals surface area (Å²) in [6.07, 6.45) is 29.0. The lowest BCUT2D eigenvalue weighted by molar-refractivity contribution is -0.830. The van der Waals surface area contributed by atoms with E-state index in [1.54, 1.807) is 0 Å². The molecule has 188 valence electrons. The lowest BCUT2D eigenvalue weighted by atomic mass is 10.1. The standard InChI is InChI=1S/C28H54N2O2/c1-3-5-7-9-11-13-15-17-19-21-23-29-24-26-30(27-29,28(31)32)25-22-20-18-16-14-12-10-8-6-4-2/h24,26H,3-23,25,27H2,1-2H3. The van der Waals surface area contributed by atoms with Gasteiger partial charge in [0.05, 0.1) is 12.7 Å². The summed E-state index contributed by atoms with van der Waals surface area (Å²) in [5.41, 5.74) is 0. The first-order valence-corrected chi connectivity index (χ1v) is 14.2. The first kappa shape index (κ1) is 29.0. The van der Waals surface area contributed by atoms with Crippen LogP contribution in [0.1, 0.15) is 142 Å². The summed E-state index contributed by atoms with van der Waals surface area (Å²) in [5.74, 6) is 0. The quantitative estimate of drug-likeness (QED) is 0.125. The molecule has 1 aliphatic heterocycles. The molecule has 4 nitrogen and oxygen atoms in total. The fourth-order valence-electron chi connectivity index (χ4n) is 4.82. The van der Waals surface area contributed by atoms with Crippen LogP contribution in [0.3, 0.4) is 0 Å². The highest BCUT2D eigenvalue weighted by molar-refractivity contribution is 5.55. The molecule has 1 atom stereocenters. The predicted octanol–water partition coefficient (Wildman–Crippen LogP) is 7.73. The van der Waals surface area contributed by atoms with Gasteiger partial charge in [0, 0.05) is 6.54 Å². The first-order chi connectivity index (χ1) is 15.6. The van der Waals surface area contributed by atoms with Gasteiger partial charge in [-0.05, 0) is 19.3 Å². The number of amides is 1. The molecule has 0 aromatic heterocycles. The third-order valence-electron chi connectivity index (χ3n) is 7.07. The Balaban J connectivity index is 2.06. The van der Waals surface area contributed by atoms with Gasteiger partial charge in [-0.3, -0.25) is 0 Å². The second kappa shape index (κ2) is 19.4. The molecule has 0 radical (unpaired) electrons. The molecule has 0 fully saturated rings. The molecule has 0 spiro atoms. The van der Waals surface area contributed by atoms with E-state index >= 15 is 0 Å². The summed E-state index contributed by atoms with van der Waals surface area (Å²) in [7, 11) is 0. The fourth-order valence-corrected chi connectivity index (χ4v) is 4.82. The van der Waals surface area contributed by atoms with Crippen LogP contribution in [0.25, 0.3) is 0 Å². The van der Waals surface area contributed by atoms with E-state index < -0.39 is 6.09 Å². The second-order valence-corrected chi connectivity index (χ2v) is 10.1. The smallest absolute Gasteiger partial charge is 0.263 e. The van der Waals surface area contributed by atoms with Crippen molar-refractivity contribution in [2.24, 2.45) is 0 Å². The molecule has 0 aromatic carbocycles. The minimum absolute atomic E-state index is 0.00518. The number of unbranched alkanes of at least 4 members (excludes halogenated alkanes) is 18. The zero-order chi connectivity index (χ0) is 23.3. The van der Waals surface area contributed by atoms with Gasteiger partial charge in [-0.2, -0.15) is 0 Å². The van der Waals surface area contributed by atoms with E-state index in [4.69, 9.17) is 0 Å². The molecule has 0 aromatic rings. The van der Waals surface area contributed by atoms with E-state index in [0.29, 0.717) is 13.2 Å². The molecule has 1 unspecified atom stereocenters. The van der Waals surface area contributed by atoms with Crippen molar-refractivity contribution in [2.75, 3.05) is 19.8 Å². The van der Waals surface area contributed by atoms with Gasteiger partial charge < -0.3 is 14.8 Å². The van der Waals surface area contributed by atoms with Gasteiger partial charge in [0.2, 0.25) is 0 Å². The Bertz CT molecular complexity index is 480. The number of hydrogen-bond acceptors (Lipinski definition) is 3. The van der Waals surface area contributed by atoms with Crippen molar-refractivity contribution in [3.63, 3.8) is 0 Å². The second-order valence-electron chi connectivity index (χ2n) is 10.1. The predicted molar refractivity (Wildman–Crippen MR) is 135 cm³/mol. The highest BCUT2D eigenvalue weighted by Crippen LogP contribution is 2.21. The zero-order valence-electron chi connectivity index (χ0n) is 21.6. The third-order valence-corrected chi connectivity index (χ3v) is 7.07. The van der Waals surface area contributed by atoms with Gasteiger partial charge in [-0.1, -0.05) is 123 Å². The molecule has 0 saturated heterocycles. The maximum absolute atomic E-state index is 11.9.